The minimum atomic E-state index is -0.356. The van der Waals surface area contributed by atoms with Gasteiger partial charge in [-0.1, -0.05) is 24.8 Å². The summed E-state index contributed by atoms with van der Waals surface area (Å²) < 4.78 is 13.0. The van der Waals surface area contributed by atoms with Crippen LogP contribution in [0.2, 0.25) is 0 Å². The molecule has 2 aromatic rings. The second kappa shape index (κ2) is 9.30. The first-order valence-electron chi connectivity index (χ1n) is 9.22. The predicted molar refractivity (Wildman–Crippen MR) is 106 cm³/mol. The molecule has 1 saturated heterocycles. The minimum Gasteiger partial charge on any atom is -0.311 e. The van der Waals surface area contributed by atoms with Crippen molar-refractivity contribution in [2.45, 2.75) is 42.1 Å². The molecule has 1 heterocycles. The molecule has 1 aliphatic heterocycles. The Morgan fingerprint density at radius 3 is 2.78 bits per heavy atom. The van der Waals surface area contributed by atoms with Gasteiger partial charge in [0.2, 0.25) is 0 Å². The highest BCUT2D eigenvalue weighted by Gasteiger charge is 2.22. The zero-order chi connectivity index (χ0) is 19.2. The van der Waals surface area contributed by atoms with E-state index >= 15 is 0 Å². The molecule has 0 amide bonds. The van der Waals surface area contributed by atoms with Crippen molar-refractivity contribution in [3.05, 3.63) is 64.0 Å². The van der Waals surface area contributed by atoms with Gasteiger partial charge in [-0.05, 0) is 61.8 Å². The summed E-state index contributed by atoms with van der Waals surface area (Å²) in [6.45, 7) is 5.90. The van der Waals surface area contributed by atoms with E-state index in [0.717, 1.165) is 30.1 Å². The fourth-order valence-corrected chi connectivity index (χ4v) is 4.36. The second-order valence-corrected chi connectivity index (χ2v) is 7.79. The van der Waals surface area contributed by atoms with Crippen LogP contribution in [0.3, 0.4) is 0 Å². The van der Waals surface area contributed by atoms with Crippen LogP contribution >= 0.6 is 11.8 Å². The summed E-state index contributed by atoms with van der Waals surface area (Å²) in [6, 6.07) is 11.8. The van der Waals surface area contributed by atoms with Gasteiger partial charge in [0.25, 0.3) is 5.69 Å². The van der Waals surface area contributed by atoms with Gasteiger partial charge >= 0.3 is 0 Å². The van der Waals surface area contributed by atoms with Crippen LogP contribution in [0.5, 0.6) is 0 Å². The Morgan fingerprint density at radius 2 is 2.07 bits per heavy atom. The number of benzene rings is 2. The van der Waals surface area contributed by atoms with Gasteiger partial charge in [0.05, 0.1) is 9.82 Å². The number of hydrogen-bond donors (Lipinski definition) is 1. The largest absolute Gasteiger partial charge is 0.311 e. The molecule has 0 aliphatic carbocycles. The highest BCUT2D eigenvalue weighted by Crippen LogP contribution is 2.35. The molecular weight excluding hydrogens is 365 g/mol. The highest BCUT2D eigenvalue weighted by molar-refractivity contribution is 7.99. The monoisotopic (exact) mass is 389 g/mol. The van der Waals surface area contributed by atoms with E-state index in [1.807, 2.05) is 6.07 Å². The van der Waals surface area contributed by atoms with Gasteiger partial charge in [-0.15, -0.1) is 0 Å². The van der Waals surface area contributed by atoms with Gasteiger partial charge in [0.15, 0.2) is 0 Å². The fraction of sp³-hybridized carbons (Fsp3) is 0.400. The van der Waals surface area contributed by atoms with Crippen molar-refractivity contribution in [3.63, 3.8) is 0 Å². The van der Waals surface area contributed by atoms with Crippen LogP contribution in [0.25, 0.3) is 0 Å². The average molecular weight is 389 g/mol. The Kier molecular flexibility index (Phi) is 6.82. The number of nitrogens with zero attached hydrogens (tertiary/aromatic N) is 2. The molecule has 0 radical (unpaired) electrons. The van der Waals surface area contributed by atoms with Gasteiger partial charge in [0.1, 0.15) is 5.82 Å². The maximum absolute atomic E-state index is 13.0. The van der Waals surface area contributed by atoms with Crippen molar-refractivity contribution in [2.75, 3.05) is 19.6 Å². The third kappa shape index (κ3) is 5.28. The van der Waals surface area contributed by atoms with Gasteiger partial charge in [-0.25, -0.2) is 4.39 Å². The van der Waals surface area contributed by atoms with Crippen LogP contribution in [0.4, 0.5) is 10.1 Å². The summed E-state index contributed by atoms with van der Waals surface area (Å²) in [4.78, 5) is 14.9. The summed E-state index contributed by atoms with van der Waals surface area (Å²) in [5, 5.41) is 14.9. The van der Waals surface area contributed by atoms with E-state index in [4.69, 9.17) is 0 Å². The number of nitrogens with one attached hydrogen (secondary N) is 1. The van der Waals surface area contributed by atoms with E-state index in [9.17, 15) is 14.5 Å². The third-order valence-corrected chi connectivity index (χ3v) is 5.95. The van der Waals surface area contributed by atoms with Gasteiger partial charge in [-0.2, -0.15) is 0 Å². The Hall–Kier alpha value is -1.96. The van der Waals surface area contributed by atoms with Crippen LogP contribution < -0.4 is 5.32 Å². The zero-order valence-electron chi connectivity index (χ0n) is 15.4. The topological polar surface area (TPSA) is 58.4 Å². The second-order valence-electron chi connectivity index (χ2n) is 6.67. The lowest BCUT2D eigenvalue weighted by atomic mass is 10.2. The highest BCUT2D eigenvalue weighted by atomic mass is 32.2. The van der Waals surface area contributed by atoms with E-state index in [1.54, 1.807) is 24.3 Å². The summed E-state index contributed by atoms with van der Waals surface area (Å²) in [7, 11) is 0. The molecule has 1 atom stereocenters. The van der Waals surface area contributed by atoms with Gasteiger partial charge < -0.3 is 5.32 Å². The van der Waals surface area contributed by atoms with Crippen molar-refractivity contribution in [2.24, 2.45) is 0 Å². The zero-order valence-corrected chi connectivity index (χ0v) is 16.2. The molecule has 0 saturated carbocycles. The Labute approximate surface area is 163 Å². The summed E-state index contributed by atoms with van der Waals surface area (Å²) in [6.07, 6.45) is 2.44. The maximum Gasteiger partial charge on any atom is 0.283 e. The normalized spacial score (nSPS) is 17.3. The Balaban J connectivity index is 1.64. The van der Waals surface area contributed by atoms with E-state index in [1.165, 1.54) is 36.7 Å². The molecule has 0 bridgehead atoms. The molecule has 3 rings (SSSR count). The van der Waals surface area contributed by atoms with Crippen LogP contribution in [0, 0.1) is 15.9 Å². The maximum atomic E-state index is 13.0. The number of likely N-dealkylation sites (N-methyl/N-ethyl adjacent to an activating group) is 1. The van der Waals surface area contributed by atoms with E-state index in [2.05, 4.69) is 17.1 Å². The number of likely N-dealkylation sites (tertiary alicyclic amines) is 1. The lowest BCUT2D eigenvalue weighted by Gasteiger charge is -2.23. The molecule has 0 spiro atoms. The molecule has 27 heavy (non-hydrogen) atoms. The van der Waals surface area contributed by atoms with Crippen LogP contribution in [-0.4, -0.2) is 35.5 Å². The molecule has 5 nitrogen and oxygen atoms in total. The summed E-state index contributed by atoms with van der Waals surface area (Å²) in [5.74, 6) is -0.320. The van der Waals surface area contributed by atoms with Crippen molar-refractivity contribution in [3.8, 4) is 0 Å². The van der Waals surface area contributed by atoms with E-state index < -0.39 is 0 Å². The summed E-state index contributed by atoms with van der Waals surface area (Å²) >= 11 is 1.27. The lowest BCUT2D eigenvalue weighted by molar-refractivity contribution is -0.387. The first-order valence-corrected chi connectivity index (χ1v) is 10.0. The Morgan fingerprint density at radius 1 is 1.30 bits per heavy atom. The fourth-order valence-electron chi connectivity index (χ4n) is 3.46. The molecule has 1 aliphatic rings. The van der Waals surface area contributed by atoms with E-state index in [-0.39, 0.29) is 16.4 Å². The molecular formula is C20H24FN3O2S. The molecule has 2 aromatic carbocycles. The smallest absolute Gasteiger partial charge is 0.283 e. The lowest BCUT2D eigenvalue weighted by Crippen LogP contribution is -2.37. The molecule has 1 unspecified atom stereocenters. The van der Waals surface area contributed by atoms with Gasteiger partial charge in [0, 0.05) is 30.1 Å². The van der Waals surface area contributed by atoms with Gasteiger partial charge in [-0.3, -0.25) is 15.0 Å². The number of hydrogen-bond acceptors (Lipinski definition) is 5. The van der Waals surface area contributed by atoms with Crippen molar-refractivity contribution < 1.29 is 9.31 Å². The molecule has 1 fully saturated rings. The molecule has 144 valence electrons. The number of rotatable bonds is 8. The number of nitro groups is 1. The van der Waals surface area contributed by atoms with Crippen LogP contribution in [-0.2, 0) is 6.54 Å². The number of nitro benzene ring substituents is 1. The van der Waals surface area contributed by atoms with Crippen LogP contribution in [0.1, 0.15) is 25.3 Å². The Bertz CT molecular complexity index is 785. The number of halogens is 1. The van der Waals surface area contributed by atoms with Crippen LogP contribution in [0.15, 0.2) is 52.3 Å². The van der Waals surface area contributed by atoms with Crippen molar-refractivity contribution in [1.29, 1.82) is 0 Å². The minimum absolute atomic E-state index is 0.0830. The first-order chi connectivity index (χ1) is 13.1. The van der Waals surface area contributed by atoms with E-state index in [0.29, 0.717) is 17.5 Å². The standard InChI is InChI=1S/C20H24FN3O2S/c1-2-23-11-3-4-17(23)14-22-13-15-5-10-20(19(12-15)24(25)26)27-18-8-6-16(21)7-9-18/h5-10,12,17,22H,2-4,11,13-14H2,1H3. The van der Waals surface area contributed by atoms with Crippen molar-refractivity contribution >= 4 is 17.4 Å². The quantitative estimate of drug-likeness (QED) is 0.534. The molecule has 0 aromatic heterocycles. The third-order valence-electron chi connectivity index (χ3n) is 4.88. The molecule has 7 heteroatoms. The predicted octanol–water partition coefficient (Wildman–Crippen LogP) is 4.46. The summed E-state index contributed by atoms with van der Waals surface area (Å²) in [5.41, 5.74) is 0.978. The average Bonchev–Trinajstić information content (AvgIpc) is 3.12. The first kappa shape index (κ1) is 19.8. The SMILES string of the molecule is CCN1CCCC1CNCc1ccc(Sc2ccc(F)cc2)c([N+](=O)[O-])c1. The van der Waals surface area contributed by atoms with Crippen molar-refractivity contribution in [1.82, 2.24) is 10.2 Å². The molecule has 1 N–H and O–H groups in total.